The second kappa shape index (κ2) is 7.66. The summed E-state index contributed by atoms with van der Waals surface area (Å²) in [5.74, 6) is 0. The first-order valence-corrected chi connectivity index (χ1v) is 8.31. The number of nitrogens with zero attached hydrogens (tertiary/aromatic N) is 3. The van der Waals surface area contributed by atoms with Crippen LogP contribution in [-0.4, -0.2) is 48.3 Å². The lowest BCUT2D eigenvalue weighted by Crippen LogP contribution is -2.37. The molecular formula is C17H26N4. The minimum absolute atomic E-state index is 0.589. The van der Waals surface area contributed by atoms with E-state index >= 15 is 0 Å². The zero-order valence-corrected chi connectivity index (χ0v) is 12.8. The monoisotopic (exact) mass is 286 g/mol. The summed E-state index contributed by atoms with van der Waals surface area (Å²) in [7, 11) is 0. The molecule has 2 heterocycles. The maximum Gasteiger partial charge on any atom is 0.0548 e. The highest BCUT2D eigenvalue weighted by molar-refractivity contribution is 5.79. The molecule has 0 radical (unpaired) electrons. The predicted molar refractivity (Wildman–Crippen MR) is 86.9 cm³/mol. The van der Waals surface area contributed by atoms with Crippen molar-refractivity contribution in [2.75, 3.05) is 26.2 Å². The van der Waals surface area contributed by atoms with Gasteiger partial charge in [-0.3, -0.25) is 9.98 Å². The van der Waals surface area contributed by atoms with Gasteiger partial charge in [-0.1, -0.05) is 0 Å². The van der Waals surface area contributed by atoms with Crippen LogP contribution in [0, 0.1) is 0 Å². The van der Waals surface area contributed by atoms with Gasteiger partial charge in [0.1, 0.15) is 0 Å². The number of hydrogen-bond donors (Lipinski definition) is 1. The molecule has 1 aliphatic heterocycles. The minimum Gasteiger partial charge on any atom is -0.311 e. The van der Waals surface area contributed by atoms with Gasteiger partial charge in [0.05, 0.1) is 11.7 Å². The van der Waals surface area contributed by atoms with Crippen LogP contribution in [-0.2, 0) is 6.54 Å². The van der Waals surface area contributed by atoms with Crippen LogP contribution in [0.25, 0.3) is 0 Å². The van der Waals surface area contributed by atoms with E-state index in [4.69, 9.17) is 0 Å². The number of pyridine rings is 1. The molecule has 1 saturated carbocycles. The zero-order valence-electron chi connectivity index (χ0n) is 12.8. The molecule has 1 N–H and O–H groups in total. The van der Waals surface area contributed by atoms with Crippen LogP contribution in [0.2, 0.25) is 0 Å². The standard InChI is InChI=1S/C17H26N4/c1(2-9-21-10-3-11-21)7-18-14-17-12-15(6-8-19-17)13-20-16-4-5-16/h6,8,12-13,16,18H,1-5,7,9-11,14H2. The Labute approximate surface area is 127 Å². The summed E-state index contributed by atoms with van der Waals surface area (Å²) >= 11 is 0. The third-order valence-electron chi connectivity index (χ3n) is 4.15. The Morgan fingerprint density at radius 1 is 1.33 bits per heavy atom. The van der Waals surface area contributed by atoms with E-state index in [1.165, 1.54) is 57.3 Å². The Balaban J connectivity index is 1.31. The molecule has 2 aliphatic rings. The highest BCUT2D eigenvalue weighted by atomic mass is 15.2. The van der Waals surface area contributed by atoms with Gasteiger partial charge in [-0.15, -0.1) is 0 Å². The molecule has 0 aromatic carbocycles. The summed E-state index contributed by atoms with van der Waals surface area (Å²) in [6.45, 7) is 5.83. The van der Waals surface area contributed by atoms with Crippen LogP contribution < -0.4 is 5.32 Å². The van der Waals surface area contributed by atoms with Gasteiger partial charge in [0.2, 0.25) is 0 Å². The first-order chi connectivity index (χ1) is 10.4. The number of nitrogens with one attached hydrogen (secondary N) is 1. The normalized spacial score (nSPS) is 19.0. The van der Waals surface area contributed by atoms with Crippen molar-refractivity contribution in [1.82, 2.24) is 15.2 Å². The maximum atomic E-state index is 4.52. The predicted octanol–water partition coefficient (Wildman–Crippen LogP) is 2.24. The summed E-state index contributed by atoms with van der Waals surface area (Å²) < 4.78 is 0. The van der Waals surface area contributed by atoms with Gasteiger partial charge in [-0.2, -0.15) is 0 Å². The summed E-state index contributed by atoms with van der Waals surface area (Å²) in [5.41, 5.74) is 2.28. The van der Waals surface area contributed by atoms with Gasteiger partial charge in [0.15, 0.2) is 0 Å². The average molecular weight is 286 g/mol. The number of hydrogen-bond acceptors (Lipinski definition) is 4. The van der Waals surface area contributed by atoms with E-state index in [0.717, 1.165) is 18.8 Å². The molecule has 1 aromatic rings. The molecule has 1 saturated heterocycles. The number of unbranched alkanes of at least 4 members (excludes halogenated alkanes) is 1. The fourth-order valence-corrected chi connectivity index (χ4v) is 2.50. The van der Waals surface area contributed by atoms with E-state index < -0.39 is 0 Å². The molecule has 1 aromatic heterocycles. The van der Waals surface area contributed by atoms with Gasteiger partial charge in [-0.25, -0.2) is 0 Å². The van der Waals surface area contributed by atoms with Crippen LogP contribution in [0.3, 0.4) is 0 Å². The Hall–Kier alpha value is -1.26. The highest BCUT2D eigenvalue weighted by Gasteiger charge is 2.18. The zero-order chi connectivity index (χ0) is 14.3. The number of rotatable bonds is 9. The van der Waals surface area contributed by atoms with Gasteiger partial charge in [0, 0.05) is 19.0 Å². The van der Waals surface area contributed by atoms with Crippen molar-refractivity contribution >= 4 is 6.21 Å². The highest BCUT2D eigenvalue weighted by Crippen LogP contribution is 2.23. The molecule has 4 nitrogen and oxygen atoms in total. The molecule has 21 heavy (non-hydrogen) atoms. The van der Waals surface area contributed by atoms with Gasteiger partial charge in [0.25, 0.3) is 0 Å². The molecule has 2 fully saturated rings. The van der Waals surface area contributed by atoms with Crippen molar-refractivity contribution in [3.05, 3.63) is 29.6 Å². The van der Waals surface area contributed by atoms with Crippen LogP contribution in [0.5, 0.6) is 0 Å². The van der Waals surface area contributed by atoms with E-state index in [-0.39, 0.29) is 0 Å². The Bertz CT molecular complexity index is 464. The van der Waals surface area contributed by atoms with E-state index in [1.54, 1.807) is 0 Å². The van der Waals surface area contributed by atoms with Gasteiger partial charge in [-0.05, 0) is 76.0 Å². The number of aromatic nitrogens is 1. The molecule has 114 valence electrons. The smallest absolute Gasteiger partial charge is 0.0548 e. The van der Waals surface area contributed by atoms with Crippen molar-refractivity contribution in [3.63, 3.8) is 0 Å². The second-order valence-corrected chi connectivity index (χ2v) is 6.17. The molecule has 0 bridgehead atoms. The van der Waals surface area contributed by atoms with Crippen LogP contribution in [0.15, 0.2) is 23.3 Å². The summed E-state index contributed by atoms with van der Waals surface area (Å²) in [4.78, 5) is 11.5. The lowest BCUT2D eigenvalue weighted by atomic mass is 10.2. The lowest BCUT2D eigenvalue weighted by molar-refractivity contribution is 0.178. The molecule has 0 spiro atoms. The molecule has 0 amide bonds. The number of aliphatic imine (C=N–C) groups is 1. The summed E-state index contributed by atoms with van der Waals surface area (Å²) in [5, 5.41) is 3.49. The lowest BCUT2D eigenvalue weighted by Gasteiger charge is -2.30. The van der Waals surface area contributed by atoms with Crippen molar-refractivity contribution < 1.29 is 0 Å². The molecule has 0 atom stereocenters. The molecular weight excluding hydrogens is 260 g/mol. The maximum absolute atomic E-state index is 4.52. The van der Waals surface area contributed by atoms with E-state index in [1.807, 2.05) is 18.5 Å². The Kier molecular flexibility index (Phi) is 5.35. The van der Waals surface area contributed by atoms with Gasteiger partial charge < -0.3 is 10.2 Å². The summed E-state index contributed by atoms with van der Waals surface area (Å²) in [6, 6.07) is 4.76. The Morgan fingerprint density at radius 3 is 3.00 bits per heavy atom. The topological polar surface area (TPSA) is 40.5 Å². The third-order valence-corrected chi connectivity index (χ3v) is 4.15. The minimum atomic E-state index is 0.589. The molecule has 1 aliphatic carbocycles. The molecule has 4 heteroatoms. The van der Waals surface area contributed by atoms with Crippen LogP contribution >= 0.6 is 0 Å². The fraction of sp³-hybridized carbons (Fsp3) is 0.647. The fourth-order valence-electron chi connectivity index (χ4n) is 2.50. The van der Waals surface area contributed by atoms with E-state index in [0.29, 0.717) is 6.04 Å². The first kappa shape index (κ1) is 14.7. The van der Waals surface area contributed by atoms with Crippen molar-refractivity contribution in [2.24, 2.45) is 4.99 Å². The quantitative estimate of drug-likeness (QED) is 0.559. The molecule has 3 rings (SSSR count). The second-order valence-electron chi connectivity index (χ2n) is 6.17. The number of likely N-dealkylation sites (tertiary alicyclic amines) is 1. The SMILES string of the molecule is C(=NC1CC1)c1ccnc(CNCCCCN2CCC2)c1. The van der Waals surface area contributed by atoms with Crippen molar-refractivity contribution in [1.29, 1.82) is 0 Å². The third kappa shape index (κ3) is 5.21. The van der Waals surface area contributed by atoms with Crippen molar-refractivity contribution in [2.45, 2.75) is 44.7 Å². The van der Waals surface area contributed by atoms with E-state index in [2.05, 4.69) is 26.3 Å². The Morgan fingerprint density at radius 2 is 2.24 bits per heavy atom. The van der Waals surface area contributed by atoms with Crippen LogP contribution in [0.4, 0.5) is 0 Å². The molecule has 0 unspecified atom stereocenters. The summed E-state index contributed by atoms with van der Waals surface area (Å²) in [6.07, 6.45) is 10.3. The van der Waals surface area contributed by atoms with Crippen molar-refractivity contribution in [3.8, 4) is 0 Å². The average Bonchev–Trinajstić information content (AvgIpc) is 3.27. The van der Waals surface area contributed by atoms with E-state index in [9.17, 15) is 0 Å². The van der Waals surface area contributed by atoms with Crippen LogP contribution in [0.1, 0.15) is 43.4 Å². The van der Waals surface area contributed by atoms with Gasteiger partial charge >= 0.3 is 0 Å². The first-order valence-electron chi connectivity index (χ1n) is 8.31. The largest absolute Gasteiger partial charge is 0.311 e.